The second-order valence-electron chi connectivity index (χ2n) is 4.43. The van der Waals surface area contributed by atoms with Gasteiger partial charge in [-0.3, -0.25) is 4.79 Å². The minimum atomic E-state index is -0.371. The number of hydrogen-bond acceptors (Lipinski definition) is 5. The topological polar surface area (TPSA) is 69.7 Å². The fourth-order valence-electron chi connectivity index (χ4n) is 1.96. The van der Waals surface area contributed by atoms with E-state index < -0.39 is 0 Å². The third kappa shape index (κ3) is 3.84. The molecule has 0 radical (unpaired) electrons. The molecule has 0 saturated heterocycles. The summed E-state index contributed by atoms with van der Waals surface area (Å²) in [6.07, 6.45) is 1.56. The first-order valence-corrected chi connectivity index (χ1v) is 7.29. The van der Waals surface area contributed by atoms with Crippen LogP contribution in [-0.4, -0.2) is 31.7 Å². The molecule has 0 fully saturated rings. The van der Waals surface area contributed by atoms with Gasteiger partial charge in [-0.1, -0.05) is 11.6 Å². The van der Waals surface area contributed by atoms with Crippen LogP contribution in [0.4, 0.5) is 5.69 Å². The van der Waals surface area contributed by atoms with Gasteiger partial charge >= 0.3 is 0 Å². The number of pyridine rings is 1. The van der Waals surface area contributed by atoms with Crippen LogP contribution in [0.25, 0.3) is 0 Å². The van der Waals surface area contributed by atoms with Gasteiger partial charge in [-0.15, -0.1) is 0 Å². The summed E-state index contributed by atoms with van der Waals surface area (Å²) in [5, 5.41) is 3.14. The van der Waals surface area contributed by atoms with Crippen molar-refractivity contribution in [2.24, 2.45) is 0 Å². The lowest BCUT2D eigenvalue weighted by atomic mass is 10.2. The van der Waals surface area contributed by atoms with Crippen LogP contribution in [0, 0.1) is 0 Å². The average molecular weight is 337 g/mol. The maximum absolute atomic E-state index is 12.5. The number of aromatic nitrogens is 1. The molecular weight excluding hydrogens is 320 g/mol. The SMILES string of the molecule is CCOc1ncccc1C(=O)Nc1cc(OC)c(Cl)cc1OC. The third-order valence-corrected chi connectivity index (χ3v) is 3.31. The van der Waals surface area contributed by atoms with Gasteiger partial charge in [-0.2, -0.15) is 0 Å². The molecule has 0 aliphatic rings. The van der Waals surface area contributed by atoms with E-state index in [4.69, 9.17) is 25.8 Å². The van der Waals surface area contributed by atoms with Gasteiger partial charge in [0.2, 0.25) is 5.88 Å². The molecule has 6 nitrogen and oxygen atoms in total. The zero-order chi connectivity index (χ0) is 16.8. The van der Waals surface area contributed by atoms with E-state index in [9.17, 15) is 4.79 Å². The molecular formula is C16H17ClN2O4. The molecule has 0 bridgehead atoms. The van der Waals surface area contributed by atoms with E-state index >= 15 is 0 Å². The Morgan fingerprint density at radius 2 is 2.00 bits per heavy atom. The lowest BCUT2D eigenvalue weighted by molar-refractivity contribution is 0.102. The quantitative estimate of drug-likeness (QED) is 0.875. The predicted molar refractivity (Wildman–Crippen MR) is 87.9 cm³/mol. The van der Waals surface area contributed by atoms with Gasteiger partial charge in [0.25, 0.3) is 5.91 Å². The number of carbonyl (C=O) groups is 1. The summed E-state index contributed by atoms with van der Waals surface area (Å²) in [6, 6.07) is 6.46. The molecule has 0 aliphatic heterocycles. The summed E-state index contributed by atoms with van der Waals surface area (Å²) in [5.41, 5.74) is 0.760. The smallest absolute Gasteiger partial charge is 0.261 e. The first-order chi connectivity index (χ1) is 11.1. The van der Waals surface area contributed by atoms with Gasteiger partial charge in [0.1, 0.15) is 17.1 Å². The van der Waals surface area contributed by atoms with Crippen molar-refractivity contribution in [2.75, 3.05) is 26.1 Å². The summed E-state index contributed by atoms with van der Waals surface area (Å²) in [7, 11) is 2.98. The molecule has 1 aromatic heterocycles. The van der Waals surface area contributed by atoms with Crippen LogP contribution in [0.2, 0.25) is 5.02 Å². The van der Waals surface area contributed by atoms with Crippen LogP contribution in [0.5, 0.6) is 17.4 Å². The molecule has 122 valence electrons. The van der Waals surface area contributed by atoms with E-state index in [2.05, 4.69) is 10.3 Å². The molecule has 1 amide bonds. The molecule has 7 heteroatoms. The Labute approximate surface area is 139 Å². The summed E-state index contributed by atoms with van der Waals surface area (Å²) >= 11 is 6.05. The maximum atomic E-state index is 12.5. The van der Waals surface area contributed by atoms with Crippen molar-refractivity contribution in [3.63, 3.8) is 0 Å². The maximum Gasteiger partial charge on any atom is 0.261 e. The fraction of sp³-hybridized carbons (Fsp3) is 0.250. The van der Waals surface area contributed by atoms with Crippen LogP contribution in [0.1, 0.15) is 17.3 Å². The number of halogens is 1. The summed E-state index contributed by atoms with van der Waals surface area (Å²) < 4.78 is 15.8. The Morgan fingerprint density at radius 1 is 1.26 bits per heavy atom. The van der Waals surface area contributed by atoms with Gasteiger partial charge in [0, 0.05) is 18.3 Å². The molecule has 1 N–H and O–H groups in total. The normalized spacial score (nSPS) is 10.1. The van der Waals surface area contributed by atoms with Crippen molar-refractivity contribution < 1.29 is 19.0 Å². The number of ether oxygens (including phenoxy) is 3. The van der Waals surface area contributed by atoms with Gasteiger partial charge in [-0.05, 0) is 19.1 Å². The molecule has 23 heavy (non-hydrogen) atoms. The van der Waals surface area contributed by atoms with E-state index in [0.29, 0.717) is 34.4 Å². The number of amides is 1. The van der Waals surface area contributed by atoms with E-state index in [1.807, 2.05) is 6.92 Å². The first-order valence-electron chi connectivity index (χ1n) is 6.91. The molecule has 0 aliphatic carbocycles. The highest BCUT2D eigenvalue weighted by Crippen LogP contribution is 2.36. The zero-order valence-corrected chi connectivity index (χ0v) is 13.8. The van der Waals surface area contributed by atoms with E-state index in [0.717, 1.165) is 0 Å². The number of carbonyl (C=O) groups excluding carboxylic acids is 1. The predicted octanol–water partition coefficient (Wildman–Crippen LogP) is 3.40. The van der Waals surface area contributed by atoms with Crippen molar-refractivity contribution in [3.8, 4) is 17.4 Å². The monoisotopic (exact) mass is 336 g/mol. The number of rotatable bonds is 6. The second kappa shape index (κ2) is 7.69. The third-order valence-electron chi connectivity index (χ3n) is 3.02. The van der Waals surface area contributed by atoms with Gasteiger partial charge in [0.15, 0.2) is 0 Å². The number of nitrogens with one attached hydrogen (secondary N) is 1. The molecule has 0 spiro atoms. The number of hydrogen-bond donors (Lipinski definition) is 1. The zero-order valence-electron chi connectivity index (χ0n) is 13.1. The highest BCUT2D eigenvalue weighted by atomic mass is 35.5. The highest BCUT2D eigenvalue weighted by Gasteiger charge is 2.17. The number of benzene rings is 1. The van der Waals surface area contributed by atoms with Gasteiger partial charge < -0.3 is 19.5 Å². The van der Waals surface area contributed by atoms with Crippen molar-refractivity contribution in [2.45, 2.75) is 6.92 Å². The van der Waals surface area contributed by atoms with Gasteiger partial charge in [-0.25, -0.2) is 4.98 Å². The molecule has 2 aromatic rings. The lowest BCUT2D eigenvalue weighted by Crippen LogP contribution is -2.15. The Kier molecular flexibility index (Phi) is 5.65. The lowest BCUT2D eigenvalue weighted by Gasteiger charge is -2.14. The van der Waals surface area contributed by atoms with Crippen LogP contribution in [0.3, 0.4) is 0 Å². The van der Waals surface area contributed by atoms with E-state index in [1.165, 1.54) is 14.2 Å². The Balaban J connectivity index is 2.33. The number of nitrogens with zero attached hydrogens (tertiary/aromatic N) is 1. The van der Waals surface area contributed by atoms with Crippen molar-refractivity contribution >= 4 is 23.2 Å². The minimum absolute atomic E-state index is 0.271. The molecule has 1 aromatic carbocycles. The van der Waals surface area contributed by atoms with Crippen molar-refractivity contribution in [1.29, 1.82) is 0 Å². The van der Waals surface area contributed by atoms with Crippen molar-refractivity contribution in [1.82, 2.24) is 4.98 Å². The highest BCUT2D eigenvalue weighted by molar-refractivity contribution is 6.32. The average Bonchev–Trinajstić information content (AvgIpc) is 2.56. The number of methoxy groups -OCH3 is 2. The van der Waals surface area contributed by atoms with Crippen LogP contribution < -0.4 is 19.5 Å². The Hall–Kier alpha value is -2.47. The Morgan fingerprint density at radius 3 is 2.65 bits per heavy atom. The first kappa shape index (κ1) is 16.9. The minimum Gasteiger partial charge on any atom is -0.495 e. The largest absolute Gasteiger partial charge is 0.495 e. The second-order valence-corrected chi connectivity index (χ2v) is 4.84. The van der Waals surface area contributed by atoms with E-state index in [1.54, 1.807) is 30.5 Å². The Bertz CT molecular complexity index is 706. The molecule has 0 atom stereocenters. The fourth-order valence-corrected chi connectivity index (χ4v) is 2.19. The van der Waals surface area contributed by atoms with Gasteiger partial charge in [0.05, 0.1) is 31.5 Å². The van der Waals surface area contributed by atoms with E-state index in [-0.39, 0.29) is 11.8 Å². The van der Waals surface area contributed by atoms with Crippen LogP contribution in [0.15, 0.2) is 30.5 Å². The van der Waals surface area contributed by atoms with Crippen LogP contribution >= 0.6 is 11.6 Å². The summed E-state index contributed by atoms with van der Waals surface area (Å²) in [4.78, 5) is 16.6. The van der Waals surface area contributed by atoms with Crippen molar-refractivity contribution in [3.05, 3.63) is 41.0 Å². The summed E-state index contributed by atoms with van der Waals surface area (Å²) in [5.74, 6) is 0.751. The number of anilines is 1. The van der Waals surface area contributed by atoms with Crippen LogP contribution in [-0.2, 0) is 0 Å². The molecule has 0 saturated carbocycles. The molecule has 2 rings (SSSR count). The summed E-state index contributed by atoms with van der Waals surface area (Å²) in [6.45, 7) is 2.23. The standard InChI is InChI=1S/C16H17ClN2O4/c1-4-23-16-10(6-5-7-18-16)15(20)19-12-9-13(21-2)11(17)8-14(12)22-3/h5-9H,4H2,1-3H3,(H,19,20). The molecule has 0 unspecified atom stereocenters. The molecule has 1 heterocycles.